The first-order valence-corrected chi connectivity index (χ1v) is 7.53. The van der Waals surface area contributed by atoms with Crippen molar-refractivity contribution in [3.05, 3.63) is 59.7 Å². The standard InChI is InChI=1S/C18H22N2O/c1-21-13-11-19-14-16-7-3-5-9-18(16)20-12-10-15-6-2-4-8-17(15)20/h2-9,19H,10-14H2,1H3. The van der Waals surface area contributed by atoms with Crippen LogP contribution in [0, 0.1) is 0 Å². The number of hydrogen-bond acceptors (Lipinski definition) is 3. The van der Waals surface area contributed by atoms with Gasteiger partial charge in [-0.15, -0.1) is 0 Å². The van der Waals surface area contributed by atoms with E-state index in [4.69, 9.17) is 4.74 Å². The fourth-order valence-electron chi connectivity index (χ4n) is 2.91. The zero-order valence-electron chi connectivity index (χ0n) is 12.5. The molecule has 1 heterocycles. The maximum absolute atomic E-state index is 5.08. The fraction of sp³-hybridized carbons (Fsp3) is 0.333. The minimum atomic E-state index is 0.745. The molecule has 2 aromatic rings. The molecule has 0 saturated heterocycles. The lowest BCUT2D eigenvalue weighted by Crippen LogP contribution is -2.21. The maximum atomic E-state index is 5.08. The largest absolute Gasteiger partial charge is 0.383 e. The van der Waals surface area contributed by atoms with Gasteiger partial charge in [0.15, 0.2) is 0 Å². The predicted octanol–water partition coefficient (Wildman–Crippen LogP) is 3.12. The van der Waals surface area contributed by atoms with E-state index >= 15 is 0 Å². The van der Waals surface area contributed by atoms with Crippen molar-refractivity contribution in [3.8, 4) is 0 Å². The number of nitrogens with one attached hydrogen (secondary N) is 1. The quantitative estimate of drug-likeness (QED) is 0.824. The van der Waals surface area contributed by atoms with E-state index in [-0.39, 0.29) is 0 Å². The molecule has 0 fully saturated rings. The number of nitrogens with zero attached hydrogens (tertiary/aromatic N) is 1. The zero-order valence-corrected chi connectivity index (χ0v) is 12.5. The van der Waals surface area contributed by atoms with Gasteiger partial charge in [0.2, 0.25) is 0 Å². The van der Waals surface area contributed by atoms with Crippen molar-refractivity contribution in [3.63, 3.8) is 0 Å². The van der Waals surface area contributed by atoms with Crippen LogP contribution in [-0.4, -0.2) is 26.8 Å². The second kappa shape index (κ2) is 6.74. The van der Waals surface area contributed by atoms with Crippen LogP contribution in [0.15, 0.2) is 48.5 Å². The first-order chi connectivity index (χ1) is 10.4. The van der Waals surface area contributed by atoms with Crippen LogP contribution in [0.2, 0.25) is 0 Å². The summed E-state index contributed by atoms with van der Waals surface area (Å²) in [6.07, 6.45) is 1.13. The SMILES string of the molecule is COCCNCc1ccccc1N1CCc2ccccc21. The van der Waals surface area contributed by atoms with Crippen LogP contribution in [0.1, 0.15) is 11.1 Å². The number of hydrogen-bond donors (Lipinski definition) is 1. The summed E-state index contributed by atoms with van der Waals surface area (Å²) in [5.74, 6) is 0. The highest BCUT2D eigenvalue weighted by molar-refractivity contribution is 5.71. The third-order valence-corrected chi connectivity index (χ3v) is 3.97. The molecule has 0 saturated carbocycles. The Hall–Kier alpha value is -1.84. The number of rotatable bonds is 6. The lowest BCUT2D eigenvalue weighted by Gasteiger charge is -2.23. The van der Waals surface area contributed by atoms with Gasteiger partial charge in [-0.05, 0) is 29.7 Å². The Kier molecular flexibility index (Phi) is 4.53. The lowest BCUT2D eigenvalue weighted by molar-refractivity contribution is 0.199. The van der Waals surface area contributed by atoms with Crippen molar-refractivity contribution in [2.75, 3.05) is 31.7 Å². The zero-order chi connectivity index (χ0) is 14.5. The lowest BCUT2D eigenvalue weighted by atomic mass is 10.1. The van der Waals surface area contributed by atoms with Crippen LogP contribution < -0.4 is 10.2 Å². The van der Waals surface area contributed by atoms with Crippen molar-refractivity contribution >= 4 is 11.4 Å². The average molecular weight is 282 g/mol. The van der Waals surface area contributed by atoms with E-state index in [1.54, 1.807) is 7.11 Å². The van der Waals surface area contributed by atoms with Crippen LogP contribution in [-0.2, 0) is 17.7 Å². The van der Waals surface area contributed by atoms with Crippen molar-refractivity contribution in [1.29, 1.82) is 0 Å². The molecule has 110 valence electrons. The number of anilines is 2. The van der Waals surface area contributed by atoms with Crippen LogP contribution in [0.5, 0.6) is 0 Å². The third-order valence-electron chi connectivity index (χ3n) is 3.97. The van der Waals surface area contributed by atoms with Gasteiger partial charge in [0.1, 0.15) is 0 Å². The molecular formula is C18H22N2O. The highest BCUT2D eigenvalue weighted by Crippen LogP contribution is 2.35. The van der Waals surface area contributed by atoms with Crippen molar-refractivity contribution in [1.82, 2.24) is 5.32 Å². The summed E-state index contributed by atoms with van der Waals surface area (Å²) < 4.78 is 5.08. The van der Waals surface area contributed by atoms with Gasteiger partial charge in [-0.2, -0.15) is 0 Å². The normalized spacial score (nSPS) is 13.5. The second-order valence-corrected chi connectivity index (χ2v) is 5.33. The molecule has 3 nitrogen and oxygen atoms in total. The van der Waals surface area contributed by atoms with E-state index < -0.39 is 0 Å². The number of ether oxygens (including phenoxy) is 1. The highest BCUT2D eigenvalue weighted by atomic mass is 16.5. The van der Waals surface area contributed by atoms with Crippen molar-refractivity contribution in [2.24, 2.45) is 0 Å². The van der Waals surface area contributed by atoms with E-state index in [0.29, 0.717) is 0 Å². The molecule has 0 unspecified atom stereocenters. The summed E-state index contributed by atoms with van der Waals surface area (Å²) in [5, 5.41) is 3.44. The van der Waals surface area contributed by atoms with Crippen LogP contribution >= 0.6 is 0 Å². The van der Waals surface area contributed by atoms with E-state index in [9.17, 15) is 0 Å². The van der Waals surface area contributed by atoms with Gasteiger partial charge in [0.05, 0.1) is 6.61 Å². The van der Waals surface area contributed by atoms with Crippen LogP contribution in [0.3, 0.4) is 0 Å². The van der Waals surface area contributed by atoms with E-state index in [1.165, 1.54) is 22.5 Å². The topological polar surface area (TPSA) is 24.5 Å². The molecule has 0 radical (unpaired) electrons. The van der Waals surface area contributed by atoms with Gasteiger partial charge in [-0.25, -0.2) is 0 Å². The molecule has 1 aliphatic rings. The molecule has 2 aromatic carbocycles. The molecule has 3 heteroatoms. The average Bonchev–Trinajstić information content (AvgIpc) is 2.96. The molecule has 0 aliphatic carbocycles. The summed E-state index contributed by atoms with van der Waals surface area (Å²) in [6, 6.07) is 17.3. The van der Waals surface area contributed by atoms with E-state index in [2.05, 4.69) is 58.7 Å². The Labute approximate surface area is 126 Å². The minimum Gasteiger partial charge on any atom is -0.383 e. The second-order valence-electron chi connectivity index (χ2n) is 5.33. The van der Waals surface area contributed by atoms with Gasteiger partial charge in [-0.1, -0.05) is 36.4 Å². The van der Waals surface area contributed by atoms with Gasteiger partial charge in [0.25, 0.3) is 0 Å². The molecule has 0 spiro atoms. The Bertz CT molecular complexity index is 597. The first-order valence-electron chi connectivity index (χ1n) is 7.53. The van der Waals surface area contributed by atoms with E-state index in [0.717, 1.165) is 32.7 Å². The molecule has 1 N–H and O–H groups in total. The van der Waals surface area contributed by atoms with Gasteiger partial charge >= 0.3 is 0 Å². The molecule has 21 heavy (non-hydrogen) atoms. The fourth-order valence-corrected chi connectivity index (χ4v) is 2.91. The van der Waals surface area contributed by atoms with Crippen LogP contribution in [0.25, 0.3) is 0 Å². The Morgan fingerprint density at radius 2 is 1.81 bits per heavy atom. The molecular weight excluding hydrogens is 260 g/mol. The van der Waals surface area contributed by atoms with Crippen molar-refractivity contribution < 1.29 is 4.74 Å². The number of para-hydroxylation sites is 2. The first kappa shape index (κ1) is 14.1. The molecule has 0 atom stereocenters. The summed E-state index contributed by atoms with van der Waals surface area (Å²) in [6.45, 7) is 3.56. The summed E-state index contributed by atoms with van der Waals surface area (Å²) in [5.41, 5.74) is 5.44. The maximum Gasteiger partial charge on any atom is 0.0587 e. The van der Waals surface area contributed by atoms with Crippen LogP contribution in [0.4, 0.5) is 11.4 Å². The number of fused-ring (bicyclic) bond motifs is 1. The van der Waals surface area contributed by atoms with Gasteiger partial charge < -0.3 is 15.0 Å². The number of benzene rings is 2. The number of methoxy groups -OCH3 is 1. The Morgan fingerprint density at radius 3 is 2.67 bits per heavy atom. The summed E-state index contributed by atoms with van der Waals surface area (Å²) >= 11 is 0. The van der Waals surface area contributed by atoms with Gasteiger partial charge in [-0.3, -0.25) is 0 Å². The van der Waals surface area contributed by atoms with Crippen molar-refractivity contribution in [2.45, 2.75) is 13.0 Å². The molecule has 0 bridgehead atoms. The highest BCUT2D eigenvalue weighted by Gasteiger charge is 2.21. The third kappa shape index (κ3) is 3.09. The summed E-state index contributed by atoms with van der Waals surface area (Å²) in [4.78, 5) is 2.43. The predicted molar refractivity (Wildman–Crippen MR) is 87.2 cm³/mol. The molecule has 1 aliphatic heterocycles. The monoisotopic (exact) mass is 282 g/mol. The summed E-state index contributed by atoms with van der Waals surface area (Å²) in [7, 11) is 1.73. The smallest absolute Gasteiger partial charge is 0.0587 e. The molecule has 0 aromatic heterocycles. The van der Waals surface area contributed by atoms with E-state index in [1.807, 2.05) is 0 Å². The molecule has 3 rings (SSSR count). The Morgan fingerprint density at radius 1 is 1.05 bits per heavy atom. The minimum absolute atomic E-state index is 0.745. The van der Waals surface area contributed by atoms with Gasteiger partial charge in [0, 0.05) is 38.1 Å². The molecule has 0 amide bonds. The Balaban J connectivity index is 1.80.